The van der Waals surface area contributed by atoms with Crippen molar-refractivity contribution in [2.75, 3.05) is 5.75 Å². The Morgan fingerprint density at radius 3 is 2.60 bits per heavy atom. The molecule has 126 valence electrons. The Balaban J connectivity index is 1.79. The van der Waals surface area contributed by atoms with Gasteiger partial charge in [0.15, 0.2) is 5.78 Å². The predicted octanol–water partition coefficient (Wildman–Crippen LogP) is 6.09. The van der Waals surface area contributed by atoms with Crippen LogP contribution in [0, 0.1) is 13.9 Å². The largest absolute Gasteiger partial charge is 0.293 e. The monoisotopic (exact) mass is 405 g/mol. The maximum atomic E-state index is 12.4. The normalized spacial score (nSPS) is 10.6. The first-order chi connectivity index (χ1) is 12.1. The minimum atomic E-state index is -0.498. The molecule has 0 aliphatic carbocycles. The third kappa shape index (κ3) is 4.21. The molecule has 0 radical (unpaired) electrons. The summed E-state index contributed by atoms with van der Waals surface area (Å²) in [5.41, 5.74) is 2.30. The molecule has 0 aliphatic rings. The standard InChI is InChI=1S/C17H11NO3S4/c19-14(12-7-4-8-13(9-12)18(20)21)10-23-17-15(16(22)24-25-17)11-5-2-1-3-6-11/h1-9H,10H2. The number of non-ortho nitro benzene ring substituents is 1. The van der Waals surface area contributed by atoms with Gasteiger partial charge in [-0.1, -0.05) is 75.4 Å². The Morgan fingerprint density at radius 1 is 1.12 bits per heavy atom. The average Bonchev–Trinajstić information content (AvgIpc) is 3.01. The summed E-state index contributed by atoms with van der Waals surface area (Å²) in [6.07, 6.45) is 0. The number of benzene rings is 2. The Labute approximate surface area is 160 Å². The fourth-order valence-corrected chi connectivity index (χ4v) is 6.58. The first kappa shape index (κ1) is 17.9. The highest BCUT2D eigenvalue weighted by atomic mass is 32.9. The molecule has 25 heavy (non-hydrogen) atoms. The van der Waals surface area contributed by atoms with E-state index in [1.54, 1.807) is 16.4 Å². The lowest BCUT2D eigenvalue weighted by Gasteiger charge is -2.03. The second-order valence-electron chi connectivity index (χ2n) is 5.00. The van der Waals surface area contributed by atoms with Crippen molar-refractivity contribution in [3.63, 3.8) is 0 Å². The van der Waals surface area contributed by atoms with Gasteiger partial charge >= 0.3 is 0 Å². The van der Waals surface area contributed by atoms with E-state index in [0.29, 0.717) is 5.56 Å². The number of carbonyl (C=O) groups excluding carboxylic acids is 1. The van der Waals surface area contributed by atoms with Crippen LogP contribution < -0.4 is 0 Å². The van der Waals surface area contributed by atoms with Gasteiger partial charge in [0.2, 0.25) is 0 Å². The fraction of sp³-hybridized carbons (Fsp3) is 0.0588. The first-order valence-corrected chi connectivity index (χ1v) is 10.7. The molecule has 1 heterocycles. The minimum Gasteiger partial charge on any atom is -0.293 e. The smallest absolute Gasteiger partial charge is 0.270 e. The summed E-state index contributed by atoms with van der Waals surface area (Å²) in [4.78, 5) is 22.7. The summed E-state index contributed by atoms with van der Waals surface area (Å²) in [5, 5.41) is 10.8. The van der Waals surface area contributed by atoms with Crippen LogP contribution in [-0.2, 0) is 0 Å². The maximum absolute atomic E-state index is 12.4. The molecular weight excluding hydrogens is 394 g/mol. The maximum Gasteiger partial charge on any atom is 0.270 e. The summed E-state index contributed by atoms with van der Waals surface area (Å²) in [5.74, 6) is 0.0697. The van der Waals surface area contributed by atoms with Crippen molar-refractivity contribution in [1.29, 1.82) is 0 Å². The van der Waals surface area contributed by atoms with Crippen molar-refractivity contribution in [1.82, 2.24) is 0 Å². The Kier molecular flexibility index (Phi) is 5.74. The molecule has 8 heteroatoms. The van der Waals surface area contributed by atoms with E-state index in [1.807, 2.05) is 30.3 Å². The zero-order valence-electron chi connectivity index (χ0n) is 12.7. The zero-order chi connectivity index (χ0) is 17.8. The van der Waals surface area contributed by atoms with Gasteiger partial charge in [-0.2, -0.15) is 0 Å². The molecule has 2 aromatic carbocycles. The number of nitro benzene ring substituents is 1. The highest BCUT2D eigenvalue weighted by Gasteiger charge is 2.15. The molecule has 1 aromatic heterocycles. The minimum absolute atomic E-state index is 0.0768. The van der Waals surface area contributed by atoms with Crippen molar-refractivity contribution in [2.24, 2.45) is 0 Å². The predicted molar refractivity (Wildman–Crippen MR) is 107 cm³/mol. The average molecular weight is 406 g/mol. The van der Waals surface area contributed by atoms with Gasteiger partial charge in [0.1, 0.15) is 3.82 Å². The quantitative estimate of drug-likeness (QED) is 0.124. The van der Waals surface area contributed by atoms with Crippen molar-refractivity contribution >= 4 is 56.1 Å². The van der Waals surface area contributed by atoms with Crippen LogP contribution in [0.4, 0.5) is 5.69 Å². The second-order valence-corrected chi connectivity index (χ2v) is 9.06. The molecule has 3 aromatic rings. The molecule has 0 spiro atoms. The number of hydrogen-bond donors (Lipinski definition) is 0. The van der Waals surface area contributed by atoms with Crippen LogP contribution in [0.5, 0.6) is 0 Å². The number of carbonyl (C=O) groups is 1. The van der Waals surface area contributed by atoms with E-state index in [-0.39, 0.29) is 17.2 Å². The third-order valence-corrected chi connectivity index (χ3v) is 7.98. The van der Waals surface area contributed by atoms with Gasteiger partial charge in [0, 0.05) is 23.3 Å². The molecule has 0 saturated carbocycles. The van der Waals surface area contributed by atoms with E-state index in [0.717, 1.165) is 19.2 Å². The first-order valence-electron chi connectivity index (χ1n) is 7.15. The summed E-state index contributed by atoms with van der Waals surface area (Å²) < 4.78 is 1.81. The van der Waals surface area contributed by atoms with E-state index in [2.05, 4.69) is 0 Å². The van der Waals surface area contributed by atoms with Crippen LogP contribution in [0.3, 0.4) is 0 Å². The number of Topliss-reactive ketones (excluding diaryl/α,β-unsaturated/α-hetero) is 1. The van der Waals surface area contributed by atoms with Crippen LogP contribution in [0.25, 0.3) is 11.1 Å². The highest BCUT2D eigenvalue weighted by molar-refractivity contribution is 8.03. The molecule has 0 fully saturated rings. The van der Waals surface area contributed by atoms with E-state index in [1.165, 1.54) is 40.3 Å². The van der Waals surface area contributed by atoms with Crippen molar-refractivity contribution in [2.45, 2.75) is 4.21 Å². The number of hydrogen-bond acceptors (Lipinski definition) is 7. The van der Waals surface area contributed by atoms with E-state index < -0.39 is 4.92 Å². The lowest BCUT2D eigenvalue weighted by molar-refractivity contribution is -0.384. The van der Waals surface area contributed by atoms with Gasteiger partial charge in [-0.15, -0.1) is 11.8 Å². The number of nitro groups is 1. The molecule has 0 unspecified atom stereocenters. The molecule has 0 bridgehead atoms. The molecular formula is C17H11NO3S4. The van der Waals surface area contributed by atoms with Gasteiger partial charge in [-0.05, 0) is 5.56 Å². The summed E-state index contributed by atoms with van der Waals surface area (Å²) in [6.45, 7) is 0. The van der Waals surface area contributed by atoms with Crippen LogP contribution in [0.2, 0.25) is 0 Å². The molecule has 0 amide bonds. The third-order valence-electron chi connectivity index (χ3n) is 3.38. The summed E-state index contributed by atoms with van der Waals surface area (Å²) in [7, 11) is 3.07. The van der Waals surface area contributed by atoms with Gasteiger partial charge < -0.3 is 0 Å². The van der Waals surface area contributed by atoms with Gasteiger partial charge in [0.05, 0.1) is 14.9 Å². The fourth-order valence-electron chi connectivity index (χ4n) is 2.19. The molecule has 0 N–H and O–H groups in total. The Morgan fingerprint density at radius 2 is 1.88 bits per heavy atom. The van der Waals surface area contributed by atoms with Gasteiger partial charge in [-0.3, -0.25) is 14.9 Å². The SMILES string of the molecule is O=C(CSc1ssc(=S)c1-c1ccccc1)c1cccc([N+](=O)[O-])c1. The zero-order valence-corrected chi connectivity index (χ0v) is 16.0. The lowest BCUT2D eigenvalue weighted by Crippen LogP contribution is -2.03. The van der Waals surface area contributed by atoms with Crippen molar-refractivity contribution in [3.8, 4) is 11.1 Å². The van der Waals surface area contributed by atoms with Crippen molar-refractivity contribution in [3.05, 3.63) is 74.1 Å². The van der Waals surface area contributed by atoms with Crippen LogP contribution in [0.15, 0.2) is 58.8 Å². The van der Waals surface area contributed by atoms with Gasteiger partial charge in [-0.25, -0.2) is 0 Å². The summed E-state index contributed by atoms with van der Waals surface area (Å²) >= 11 is 6.85. The molecule has 0 aliphatic heterocycles. The van der Waals surface area contributed by atoms with E-state index in [4.69, 9.17) is 12.2 Å². The van der Waals surface area contributed by atoms with E-state index in [9.17, 15) is 14.9 Å². The number of ketones is 1. The Hall–Kier alpha value is -1.87. The summed E-state index contributed by atoms with van der Waals surface area (Å²) in [6, 6.07) is 15.7. The topological polar surface area (TPSA) is 60.2 Å². The van der Waals surface area contributed by atoms with Crippen molar-refractivity contribution < 1.29 is 9.72 Å². The number of thioether (sulfide) groups is 1. The lowest BCUT2D eigenvalue weighted by atomic mass is 10.1. The number of nitrogens with zero attached hydrogens (tertiary/aromatic N) is 1. The molecule has 0 atom stereocenters. The van der Waals surface area contributed by atoms with Gasteiger partial charge in [0.25, 0.3) is 5.69 Å². The van der Waals surface area contributed by atoms with Crippen LogP contribution >= 0.6 is 44.7 Å². The second kappa shape index (κ2) is 8.01. The molecule has 0 saturated heterocycles. The van der Waals surface area contributed by atoms with Crippen LogP contribution in [0.1, 0.15) is 10.4 Å². The van der Waals surface area contributed by atoms with Crippen LogP contribution in [-0.4, -0.2) is 16.5 Å². The molecule has 3 rings (SSSR count). The Bertz CT molecular complexity index is 979. The van der Waals surface area contributed by atoms with E-state index >= 15 is 0 Å². The molecule has 4 nitrogen and oxygen atoms in total. The highest BCUT2D eigenvalue weighted by Crippen LogP contribution is 2.40. The number of rotatable bonds is 6.